The van der Waals surface area contributed by atoms with Gasteiger partial charge in [0.2, 0.25) is 5.91 Å². The molecule has 174 valence electrons. The molecule has 1 aromatic rings. The van der Waals surface area contributed by atoms with Crippen LogP contribution in [0, 0.1) is 0 Å². The zero-order valence-electron chi connectivity index (χ0n) is 18.6. The topological polar surface area (TPSA) is 102 Å². The van der Waals surface area contributed by atoms with Crippen LogP contribution in [0.3, 0.4) is 0 Å². The molecule has 3 aliphatic rings. The lowest BCUT2D eigenvalue weighted by Gasteiger charge is -2.30. The Balaban J connectivity index is 1.20. The summed E-state index contributed by atoms with van der Waals surface area (Å²) in [6.45, 7) is 3.23. The van der Waals surface area contributed by atoms with Gasteiger partial charge in [-0.25, -0.2) is 4.79 Å². The SMILES string of the molecule is O=C(CCN1C(=O)NC2(CCCCC2)C1=O)NCc1ccc(CN2CCC(O)CC2)cc1. The van der Waals surface area contributed by atoms with Gasteiger partial charge in [-0.05, 0) is 36.8 Å². The van der Waals surface area contributed by atoms with Crippen LogP contribution in [0.4, 0.5) is 4.79 Å². The third-order valence-electron chi connectivity index (χ3n) is 6.99. The number of aliphatic hydroxyl groups is 1. The number of piperidine rings is 1. The number of imide groups is 1. The quantitative estimate of drug-likeness (QED) is 0.560. The molecule has 1 saturated carbocycles. The van der Waals surface area contributed by atoms with Crippen molar-refractivity contribution in [1.29, 1.82) is 0 Å². The van der Waals surface area contributed by atoms with E-state index in [1.54, 1.807) is 0 Å². The number of carbonyl (C=O) groups excluding carboxylic acids is 3. The van der Waals surface area contributed by atoms with Crippen LogP contribution in [0.25, 0.3) is 0 Å². The van der Waals surface area contributed by atoms with Gasteiger partial charge in [-0.3, -0.25) is 19.4 Å². The van der Waals surface area contributed by atoms with Crippen molar-refractivity contribution in [1.82, 2.24) is 20.4 Å². The molecule has 0 radical (unpaired) electrons. The minimum atomic E-state index is -0.735. The van der Waals surface area contributed by atoms with Gasteiger partial charge in [0.25, 0.3) is 5.91 Å². The monoisotopic (exact) mass is 442 g/mol. The smallest absolute Gasteiger partial charge is 0.325 e. The molecule has 0 aromatic heterocycles. The average molecular weight is 443 g/mol. The lowest BCUT2D eigenvalue weighted by atomic mass is 9.82. The molecule has 4 amide bonds. The van der Waals surface area contributed by atoms with Crippen molar-refractivity contribution in [2.45, 2.75) is 76.1 Å². The normalized spacial score (nSPS) is 21.7. The summed E-state index contributed by atoms with van der Waals surface area (Å²) in [6.07, 6.45) is 5.96. The molecule has 0 unspecified atom stereocenters. The number of nitrogens with zero attached hydrogens (tertiary/aromatic N) is 2. The first-order valence-electron chi connectivity index (χ1n) is 11.8. The van der Waals surface area contributed by atoms with E-state index in [1.165, 1.54) is 10.5 Å². The van der Waals surface area contributed by atoms with Crippen molar-refractivity contribution in [3.8, 4) is 0 Å². The fourth-order valence-electron chi connectivity index (χ4n) is 4.97. The fraction of sp³-hybridized carbons (Fsp3) is 0.625. The minimum Gasteiger partial charge on any atom is -0.393 e. The zero-order chi connectivity index (χ0) is 22.6. The number of rotatable bonds is 7. The van der Waals surface area contributed by atoms with Gasteiger partial charge in [0.05, 0.1) is 6.10 Å². The number of aliphatic hydroxyl groups excluding tert-OH is 1. The second kappa shape index (κ2) is 10.0. The number of benzene rings is 1. The predicted molar refractivity (Wildman–Crippen MR) is 119 cm³/mol. The molecule has 3 fully saturated rings. The van der Waals surface area contributed by atoms with Crippen LogP contribution in [0.15, 0.2) is 24.3 Å². The van der Waals surface area contributed by atoms with Gasteiger partial charge < -0.3 is 15.7 Å². The van der Waals surface area contributed by atoms with Gasteiger partial charge in [0.1, 0.15) is 5.54 Å². The molecule has 2 heterocycles. The van der Waals surface area contributed by atoms with Crippen LogP contribution in [0.5, 0.6) is 0 Å². The Labute approximate surface area is 189 Å². The molecule has 2 saturated heterocycles. The molecule has 1 spiro atoms. The first-order chi connectivity index (χ1) is 15.4. The van der Waals surface area contributed by atoms with Crippen LogP contribution in [0.2, 0.25) is 0 Å². The molecule has 2 aliphatic heterocycles. The standard InChI is InChI=1S/C24H34N4O4/c29-20-8-13-27(14-9-20)17-19-6-4-18(5-7-19)16-25-21(30)10-15-28-22(31)24(26-23(28)32)11-2-1-3-12-24/h4-7,20,29H,1-3,8-17H2,(H,25,30)(H,26,32). The van der Waals surface area contributed by atoms with Gasteiger partial charge in [-0.2, -0.15) is 0 Å². The number of nitrogens with one attached hydrogen (secondary N) is 2. The highest BCUT2D eigenvalue weighted by molar-refractivity contribution is 6.07. The van der Waals surface area contributed by atoms with Gasteiger partial charge in [-0.15, -0.1) is 0 Å². The number of carbonyl (C=O) groups is 3. The molecule has 8 nitrogen and oxygen atoms in total. The molecule has 0 atom stereocenters. The fourth-order valence-corrected chi connectivity index (χ4v) is 4.97. The van der Waals surface area contributed by atoms with Crippen LogP contribution < -0.4 is 10.6 Å². The Kier molecular flexibility index (Phi) is 7.10. The highest BCUT2D eigenvalue weighted by atomic mass is 16.3. The van der Waals surface area contributed by atoms with E-state index in [-0.39, 0.29) is 36.9 Å². The zero-order valence-corrected chi connectivity index (χ0v) is 18.6. The molecule has 3 N–H and O–H groups in total. The minimum absolute atomic E-state index is 0.105. The van der Waals surface area contributed by atoms with Gasteiger partial charge in [-0.1, -0.05) is 43.5 Å². The summed E-state index contributed by atoms with van der Waals surface area (Å²) >= 11 is 0. The largest absolute Gasteiger partial charge is 0.393 e. The maximum absolute atomic E-state index is 12.8. The Bertz CT molecular complexity index is 827. The number of likely N-dealkylation sites (tertiary alicyclic amines) is 1. The Morgan fingerprint density at radius 2 is 1.72 bits per heavy atom. The van der Waals surface area contributed by atoms with Crippen LogP contribution >= 0.6 is 0 Å². The van der Waals surface area contributed by atoms with Crippen LogP contribution in [-0.4, -0.2) is 64.0 Å². The second-order valence-corrected chi connectivity index (χ2v) is 9.38. The number of hydrogen-bond acceptors (Lipinski definition) is 5. The lowest BCUT2D eigenvalue weighted by Crippen LogP contribution is -2.48. The molecular weight excluding hydrogens is 408 g/mol. The van der Waals surface area contributed by atoms with Crippen LogP contribution in [-0.2, 0) is 22.7 Å². The van der Waals surface area contributed by atoms with E-state index >= 15 is 0 Å². The molecule has 1 aromatic carbocycles. The Morgan fingerprint density at radius 3 is 2.41 bits per heavy atom. The number of urea groups is 1. The van der Waals surface area contributed by atoms with Crippen molar-refractivity contribution in [3.63, 3.8) is 0 Å². The number of hydrogen-bond donors (Lipinski definition) is 3. The molecule has 8 heteroatoms. The van der Waals surface area contributed by atoms with Gasteiger partial charge in [0, 0.05) is 39.1 Å². The highest BCUT2D eigenvalue weighted by Crippen LogP contribution is 2.33. The third kappa shape index (κ3) is 5.30. The van der Waals surface area contributed by atoms with Gasteiger partial charge in [0.15, 0.2) is 0 Å². The van der Waals surface area contributed by atoms with Crippen molar-refractivity contribution >= 4 is 17.8 Å². The van der Waals surface area contributed by atoms with Crippen LogP contribution in [0.1, 0.15) is 62.5 Å². The van der Waals surface area contributed by atoms with E-state index in [9.17, 15) is 19.5 Å². The van der Waals surface area contributed by atoms with Crippen molar-refractivity contribution < 1.29 is 19.5 Å². The predicted octanol–water partition coefficient (Wildman–Crippen LogP) is 1.90. The van der Waals surface area contributed by atoms with Gasteiger partial charge >= 0.3 is 6.03 Å². The van der Waals surface area contributed by atoms with E-state index < -0.39 is 5.54 Å². The molecule has 0 bridgehead atoms. The van der Waals surface area contributed by atoms with Crippen molar-refractivity contribution in [2.24, 2.45) is 0 Å². The maximum Gasteiger partial charge on any atom is 0.325 e. The first kappa shape index (κ1) is 22.7. The summed E-state index contributed by atoms with van der Waals surface area (Å²) in [7, 11) is 0. The average Bonchev–Trinajstić information content (AvgIpc) is 3.02. The number of amides is 4. The molecule has 4 rings (SSSR count). The lowest BCUT2D eigenvalue weighted by molar-refractivity contribution is -0.132. The summed E-state index contributed by atoms with van der Waals surface area (Å²) in [5.41, 5.74) is 1.49. The first-order valence-corrected chi connectivity index (χ1v) is 11.8. The van der Waals surface area contributed by atoms with E-state index in [4.69, 9.17) is 0 Å². The summed E-state index contributed by atoms with van der Waals surface area (Å²) < 4.78 is 0. The molecule has 32 heavy (non-hydrogen) atoms. The summed E-state index contributed by atoms with van der Waals surface area (Å²) in [4.78, 5) is 40.9. The summed E-state index contributed by atoms with van der Waals surface area (Å²) in [5, 5.41) is 15.4. The second-order valence-electron chi connectivity index (χ2n) is 9.38. The Hall–Kier alpha value is -2.45. The van der Waals surface area contributed by atoms with Crippen molar-refractivity contribution in [2.75, 3.05) is 19.6 Å². The summed E-state index contributed by atoms with van der Waals surface area (Å²) in [5.74, 6) is -0.347. The van der Waals surface area contributed by atoms with E-state index in [0.29, 0.717) is 19.4 Å². The Morgan fingerprint density at radius 1 is 1.06 bits per heavy atom. The molecule has 1 aliphatic carbocycles. The van der Waals surface area contributed by atoms with E-state index in [2.05, 4.69) is 27.7 Å². The van der Waals surface area contributed by atoms with Crippen molar-refractivity contribution in [3.05, 3.63) is 35.4 Å². The van der Waals surface area contributed by atoms with E-state index in [0.717, 1.165) is 57.3 Å². The molecular formula is C24H34N4O4. The highest BCUT2D eigenvalue weighted by Gasteiger charge is 2.51. The third-order valence-corrected chi connectivity index (χ3v) is 6.99. The maximum atomic E-state index is 12.8. The summed E-state index contributed by atoms with van der Waals surface area (Å²) in [6, 6.07) is 7.80. The van der Waals surface area contributed by atoms with E-state index in [1.807, 2.05) is 12.1 Å².